The van der Waals surface area contributed by atoms with Crippen molar-refractivity contribution in [3.8, 4) is 5.75 Å². The summed E-state index contributed by atoms with van der Waals surface area (Å²) in [6, 6.07) is 7.12. The van der Waals surface area contributed by atoms with Gasteiger partial charge in [0.25, 0.3) is 0 Å². The molecule has 0 bridgehead atoms. The predicted octanol–water partition coefficient (Wildman–Crippen LogP) is 3.66. The minimum absolute atomic E-state index is 0.195. The molecule has 0 aliphatic carbocycles. The quantitative estimate of drug-likeness (QED) is 0.815. The summed E-state index contributed by atoms with van der Waals surface area (Å²) < 4.78 is 29.6. The van der Waals surface area contributed by atoms with Gasteiger partial charge in [0, 0.05) is 18.7 Å². The molecular weight excluding hydrogens is 308 g/mol. The van der Waals surface area contributed by atoms with Crippen molar-refractivity contribution in [1.29, 1.82) is 0 Å². The molecular formula is C16H19F2NO2S. The zero-order valence-electron chi connectivity index (χ0n) is 12.5. The number of para-hydroxylation sites is 1. The number of nitrogens with one attached hydrogen (secondary N) is 1. The molecule has 1 aromatic carbocycles. The summed E-state index contributed by atoms with van der Waals surface area (Å²) in [7, 11) is 0. The van der Waals surface area contributed by atoms with Crippen LogP contribution in [0.15, 0.2) is 35.0 Å². The molecule has 1 aromatic heterocycles. The van der Waals surface area contributed by atoms with Gasteiger partial charge in [-0.3, -0.25) is 0 Å². The van der Waals surface area contributed by atoms with E-state index in [-0.39, 0.29) is 5.75 Å². The van der Waals surface area contributed by atoms with Crippen molar-refractivity contribution in [2.24, 2.45) is 0 Å². The van der Waals surface area contributed by atoms with Crippen LogP contribution in [0.5, 0.6) is 5.75 Å². The maximum atomic E-state index is 12.5. The van der Waals surface area contributed by atoms with Crippen LogP contribution >= 0.6 is 11.3 Å². The summed E-state index contributed by atoms with van der Waals surface area (Å²) in [4.78, 5) is 0. The molecule has 0 radical (unpaired) electrons. The number of rotatable bonds is 7. The summed E-state index contributed by atoms with van der Waals surface area (Å²) in [6.07, 6.45) is 0. The van der Waals surface area contributed by atoms with Crippen molar-refractivity contribution in [2.45, 2.75) is 32.6 Å². The Labute approximate surface area is 132 Å². The maximum absolute atomic E-state index is 12.5. The van der Waals surface area contributed by atoms with E-state index in [0.29, 0.717) is 24.2 Å². The van der Waals surface area contributed by atoms with E-state index in [2.05, 4.69) is 10.1 Å². The van der Waals surface area contributed by atoms with Crippen LogP contribution in [0.25, 0.3) is 0 Å². The Morgan fingerprint density at radius 2 is 2.14 bits per heavy atom. The van der Waals surface area contributed by atoms with Gasteiger partial charge in [-0.15, -0.1) is 0 Å². The van der Waals surface area contributed by atoms with E-state index in [4.69, 9.17) is 0 Å². The number of thiophene rings is 1. The maximum Gasteiger partial charge on any atom is 0.387 e. The summed E-state index contributed by atoms with van der Waals surface area (Å²) >= 11 is 1.52. The van der Waals surface area contributed by atoms with Gasteiger partial charge in [-0.25, -0.2) is 0 Å². The van der Waals surface area contributed by atoms with Crippen LogP contribution in [0.2, 0.25) is 0 Å². The molecule has 1 heterocycles. The smallest absolute Gasteiger partial charge is 0.387 e. The van der Waals surface area contributed by atoms with Crippen LogP contribution in [0.3, 0.4) is 0 Å². The summed E-state index contributed by atoms with van der Waals surface area (Å²) in [5.41, 5.74) is 1.12. The highest BCUT2D eigenvalue weighted by molar-refractivity contribution is 7.08. The Kier molecular flexibility index (Phi) is 5.50. The Morgan fingerprint density at radius 1 is 1.36 bits per heavy atom. The second kappa shape index (κ2) is 7.17. The van der Waals surface area contributed by atoms with Gasteiger partial charge in [-0.05, 0) is 41.8 Å². The standard InChI is InChI=1S/C16H19F2NO2S/c1-11-4-3-5-12(14(11)21-15(17)18)8-19-10-16(2,20)13-6-7-22-9-13/h3-7,9,15,19-20H,8,10H2,1-2H3. The molecule has 0 amide bonds. The lowest BCUT2D eigenvalue weighted by Gasteiger charge is -2.23. The number of hydrogen-bond acceptors (Lipinski definition) is 4. The highest BCUT2D eigenvalue weighted by atomic mass is 32.1. The number of aryl methyl sites for hydroxylation is 1. The molecule has 0 aliphatic rings. The van der Waals surface area contributed by atoms with Gasteiger partial charge >= 0.3 is 6.61 Å². The number of alkyl halides is 2. The van der Waals surface area contributed by atoms with Crippen molar-refractivity contribution in [1.82, 2.24) is 5.32 Å². The number of benzene rings is 1. The second-order valence-corrected chi connectivity index (χ2v) is 6.11. The number of hydrogen-bond donors (Lipinski definition) is 2. The molecule has 0 saturated heterocycles. The topological polar surface area (TPSA) is 41.5 Å². The van der Waals surface area contributed by atoms with Crippen molar-refractivity contribution < 1.29 is 18.6 Å². The molecule has 1 atom stereocenters. The van der Waals surface area contributed by atoms with Gasteiger partial charge in [0.15, 0.2) is 0 Å². The molecule has 6 heteroatoms. The molecule has 0 spiro atoms. The van der Waals surface area contributed by atoms with E-state index in [0.717, 1.165) is 5.56 Å². The molecule has 0 fully saturated rings. The van der Waals surface area contributed by atoms with Crippen molar-refractivity contribution in [2.75, 3.05) is 6.54 Å². The largest absolute Gasteiger partial charge is 0.434 e. The van der Waals surface area contributed by atoms with Gasteiger partial charge in [0.05, 0.1) is 5.60 Å². The second-order valence-electron chi connectivity index (χ2n) is 5.33. The normalized spacial score (nSPS) is 14.1. The van der Waals surface area contributed by atoms with Gasteiger partial charge in [-0.1, -0.05) is 18.2 Å². The molecule has 3 nitrogen and oxygen atoms in total. The van der Waals surface area contributed by atoms with Crippen molar-refractivity contribution in [3.05, 3.63) is 51.7 Å². The highest BCUT2D eigenvalue weighted by Crippen LogP contribution is 2.26. The third-order valence-corrected chi connectivity index (χ3v) is 4.11. The van der Waals surface area contributed by atoms with Crippen LogP contribution < -0.4 is 10.1 Å². The molecule has 0 aliphatic heterocycles. The van der Waals surface area contributed by atoms with E-state index in [1.807, 2.05) is 16.8 Å². The first-order valence-corrected chi connectivity index (χ1v) is 7.83. The fourth-order valence-corrected chi connectivity index (χ4v) is 3.01. The van der Waals surface area contributed by atoms with Crippen LogP contribution in [0.4, 0.5) is 8.78 Å². The molecule has 2 N–H and O–H groups in total. The summed E-state index contributed by atoms with van der Waals surface area (Å²) in [5.74, 6) is 0.195. The zero-order chi connectivity index (χ0) is 16.2. The lowest BCUT2D eigenvalue weighted by molar-refractivity contribution is -0.0510. The van der Waals surface area contributed by atoms with Crippen LogP contribution in [-0.4, -0.2) is 18.3 Å². The zero-order valence-corrected chi connectivity index (χ0v) is 13.3. The van der Waals surface area contributed by atoms with Crippen LogP contribution in [0, 0.1) is 6.92 Å². The molecule has 22 heavy (non-hydrogen) atoms. The lowest BCUT2D eigenvalue weighted by atomic mass is 9.99. The third kappa shape index (κ3) is 4.25. The summed E-state index contributed by atoms with van der Waals surface area (Å²) in [6.45, 7) is 1.24. The van der Waals surface area contributed by atoms with Crippen LogP contribution in [0.1, 0.15) is 23.6 Å². The minimum Gasteiger partial charge on any atom is -0.434 e. The van der Waals surface area contributed by atoms with Gasteiger partial charge in [0.2, 0.25) is 0 Å². The predicted molar refractivity (Wildman–Crippen MR) is 83.4 cm³/mol. The average Bonchev–Trinajstić information content (AvgIpc) is 2.97. The van der Waals surface area contributed by atoms with Gasteiger partial charge < -0.3 is 15.2 Å². The monoisotopic (exact) mass is 327 g/mol. The molecule has 1 unspecified atom stereocenters. The number of ether oxygens (including phenoxy) is 1. The van der Waals surface area contributed by atoms with E-state index in [1.54, 1.807) is 32.0 Å². The average molecular weight is 327 g/mol. The summed E-state index contributed by atoms with van der Waals surface area (Å²) in [5, 5.41) is 17.3. The fraction of sp³-hybridized carbons (Fsp3) is 0.375. The minimum atomic E-state index is -2.85. The van der Waals surface area contributed by atoms with Crippen molar-refractivity contribution >= 4 is 11.3 Å². The number of aliphatic hydroxyl groups is 1. The fourth-order valence-electron chi connectivity index (χ4n) is 2.22. The lowest BCUT2D eigenvalue weighted by Crippen LogP contribution is -2.34. The Morgan fingerprint density at radius 3 is 2.77 bits per heavy atom. The Hall–Kier alpha value is -1.50. The number of halogens is 2. The highest BCUT2D eigenvalue weighted by Gasteiger charge is 2.23. The molecule has 0 saturated carbocycles. The Bertz CT molecular complexity index is 600. The van der Waals surface area contributed by atoms with E-state index >= 15 is 0 Å². The molecule has 120 valence electrons. The molecule has 2 aromatic rings. The van der Waals surface area contributed by atoms with Crippen molar-refractivity contribution in [3.63, 3.8) is 0 Å². The molecule has 2 rings (SSSR count). The first-order chi connectivity index (χ1) is 10.4. The van der Waals surface area contributed by atoms with Gasteiger partial charge in [0.1, 0.15) is 5.75 Å². The van der Waals surface area contributed by atoms with E-state index in [9.17, 15) is 13.9 Å². The van der Waals surface area contributed by atoms with E-state index in [1.165, 1.54) is 11.3 Å². The van der Waals surface area contributed by atoms with Gasteiger partial charge in [-0.2, -0.15) is 20.1 Å². The van der Waals surface area contributed by atoms with Crippen LogP contribution in [-0.2, 0) is 12.1 Å². The third-order valence-electron chi connectivity index (χ3n) is 3.43. The Balaban J connectivity index is 2.01. The first-order valence-electron chi connectivity index (χ1n) is 6.89. The van der Waals surface area contributed by atoms with E-state index < -0.39 is 12.2 Å². The first kappa shape index (κ1) is 16.9. The SMILES string of the molecule is Cc1cccc(CNCC(C)(O)c2ccsc2)c1OC(F)F.